The van der Waals surface area contributed by atoms with Gasteiger partial charge in [0.1, 0.15) is 0 Å². The van der Waals surface area contributed by atoms with E-state index in [0.717, 1.165) is 6.54 Å². The summed E-state index contributed by atoms with van der Waals surface area (Å²) in [5.74, 6) is 0.663. The summed E-state index contributed by atoms with van der Waals surface area (Å²) in [5.41, 5.74) is 0.309. The highest BCUT2D eigenvalue weighted by Gasteiger charge is 2.27. The minimum absolute atomic E-state index is 0.309. The van der Waals surface area contributed by atoms with E-state index in [1.807, 2.05) is 0 Å². The van der Waals surface area contributed by atoms with Crippen LogP contribution in [-0.4, -0.2) is 30.1 Å². The normalized spacial score (nSPS) is 21.4. The maximum Gasteiger partial charge on any atom is 0.217 e. The predicted molar refractivity (Wildman–Crippen MR) is 55.5 cm³/mol. The molecular formula is C11H20N2. The van der Waals surface area contributed by atoms with Crippen LogP contribution in [0.2, 0.25) is 0 Å². The first-order valence-electron chi connectivity index (χ1n) is 5.12. The monoisotopic (exact) mass is 180 g/mol. The van der Waals surface area contributed by atoms with Gasteiger partial charge in [0.15, 0.2) is 0 Å². The Labute approximate surface area is 81.7 Å². The molecule has 0 N–H and O–H groups in total. The molecule has 13 heavy (non-hydrogen) atoms. The molecule has 0 aromatic rings. The van der Waals surface area contributed by atoms with Gasteiger partial charge >= 0.3 is 0 Å². The molecule has 0 saturated carbocycles. The molecule has 1 aliphatic rings. The second-order valence-corrected chi connectivity index (χ2v) is 4.94. The molecule has 2 heteroatoms. The van der Waals surface area contributed by atoms with Gasteiger partial charge in [-0.2, -0.15) is 0 Å². The largest absolute Gasteiger partial charge is 0.317 e. The molecule has 0 radical (unpaired) electrons. The van der Waals surface area contributed by atoms with Crippen molar-refractivity contribution in [2.75, 3.05) is 19.6 Å². The van der Waals surface area contributed by atoms with Crippen LogP contribution in [0.1, 0.15) is 33.6 Å². The molecule has 0 bridgehead atoms. The molecule has 1 fully saturated rings. The number of nitrogens with zero attached hydrogens (tertiary/aromatic N) is 2. The first-order valence-corrected chi connectivity index (χ1v) is 5.12. The second kappa shape index (κ2) is 4.11. The minimum Gasteiger partial charge on any atom is -0.317 e. The van der Waals surface area contributed by atoms with Gasteiger partial charge < -0.3 is 4.85 Å². The van der Waals surface area contributed by atoms with E-state index in [-0.39, 0.29) is 0 Å². The van der Waals surface area contributed by atoms with Crippen LogP contribution in [0.3, 0.4) is 0 Å². The van der Waals surface area contributed by atoms with Crippen LogP contribution in [0.15, 0.2) is 0 Å². The Hall–Kier alpha value is -0.550. The molecular weight excluding hydrogens is 160 g/mol. The van der Waals surface area contributed by atoms with Crippen LogP contribution >= 0.6 is 0 Å². The average Bonchev–Trinajstić information content (AvgIpc) is 2.04. The lowest BCUT2D eigenvalue weighted by atomic mass is 9.93. The topological polar surface area (TPSA) is 7.60 Å². The van der Waals surface area contributed by atoms with Crippen molar-refractivity contribution in [2.45, 2.75) is 39.2 Å². The van der Waals surface area contributed by atoms with E-state index in [0.29, 0.717) is 11.5 Å². The van der Waals surface area contributed by atoms with Gasteiger partial charge in [0.25, 0.3) is 0 Å². The zero-order valence-corrected chi connectivity index (χ0v) is 9.01. The molecule has 0 aromatic heterocycles. The molecule has 0 amide bonds. The summed E-state index contributed by atoms with van der Waals surface area (Å²) in [7, 11) is 0. The third-order valence-electron chi connectivity index (χ3n) is 2.91. The maximum absolute atomic E-state index is 6.82. The minimum atomic E-state index is 0.309. The van der Waals surface area contributed by atoms with Crippen molar-refractivity contribution < 1.29 is 0 Å². The molecule has 2 nitrogen and oxygen atoms in total. The first kappa shape index (κ1) is 10.5. The number of hydrogen-bond acceptors (Lipinski definition) is 1. The van der Waals surface area contributed by atoms with E-state index in [2.05, 4.69) is 30.5 Å². The Morgan fingerprint density at radius 1 is 1.31 bits per heavy atom. The highest BCUT2D eigenvalue weighted by Crippen LogP contribution is 2.23. The molecule has 0 aliphatic carbocycles. The quantitative estimate of drug-likeness (QED) is 0.562. The SMILES string of the molecule is [C-]#[N+]CC1CCN(C(C)(C)C)CC1. The predicted octanol–water partition coefficient (Wildman–Crippen LogP) is 2.42. The molecule has 74 valence electrons. The summed E-state index contributed by atoms with van der Waals surface area (Å²) in [4.78, 5) is 6.00. The Kier molecular flexibility index (Phi) is 3.33. The van der Waals surface area contributed by atoms with E-state index in [9.17, 15) is 0 Å². The number of likely N-dealkylation sites (tertiary alicyclic amines) is 1. The summed E-state index contributed by atoms with van der Waals surface area (Å²) in [6.45, 7) is 16.7. The molecule has 1 aliphatic heterocycles. The number of rotatable bonds is 1. The van der Waals surface area contributed by atoms with Crippen LogP contribution in [0.25, 0.3) is 4.85 Å². The van der Waals surface area contributed by atoms with E-state index in [1.165, 1.54) is 25.9 Å². The molecule has 0 unspecified atom stereocenters. The fourth-order valence-corrected chi connectivity index (χ4v) is 1.92. The first-order chi connectivity index (χ1) is 6.04. The van der Waals surface area contributed by atoms with Gasteiger partial charge in [-0.05, 0) is 46.7 Å². The zero-order valence-electron chi connectivity index (χ0n) is 9.01. The van der Waals surface area contributed by atoms with Crippen LogP contribution in [0, 0.1) is 12.5 Å². The lowest BCUT2D eigenvalue weighted by molar-refractivity contribution is 0.0910. The van der Waals surface area contributed by atoms with Crippen molar-refractivity contribution in [3.63, 3.8) is 0 Å². The smallest absolute Gasteiger partial charge is 0.217 e. The maximum atomic E-state index is 6.82. The van der Waals surface area contributed by atoms with Gasteiger partial charge in [0.2, 0.25) is 6.54 Å². The van der Waals surface area contributed by atoms with Crippen LogP contribution < -0.4 is 0 Å². The summed E-state index contributed by atoms with van der Waals surface area (Å²) >= 11 is 0. The third kappa shape index (κ3) is 3.00. The van der Waals surface area contributed by atoms with Crippen molar-refractivity contribution in [2.24, 2.45) is 5.92 Å². The van der Waals surface area contributed by atoms with Crippen molar-refractivity contribution >= 4 is 0 Å². The average molecular weight is 180 g/mol. The van der Waals surface area contributed by atoms with Gasteiger partial charge in [-0.1, -0.05) is 0 Å². The van der Waals surface area contributed by atoms with Crippen molar-refractivity contribution in [3.05, 3.63) is 11.4 Å². The Morgan fingerprint density at radius 3 is 2.23 bits per heavy atom. The number of piperidine rings is 1. The zero-order chi connectivity index (χ0) is 9.90. The highest BCUT2D eigenvalue weighted by molar-refractivity contribution is 4.83. The lowest BCUT2D eigenvalue weighted by Gasteiger charge is -2.39. The fraction of sp³-hybridized carbons (Fsp3) is 0.909. The van der Waals surface area contributed by atoms with E-state index >= 15 is 0 Å². The van der Waals surface area contributed by atoms with Crippen LogP contribution in [0.4, 0.5) is 0 Å². The number of hydrogen-bond donors (Lipinski definition) is 0. The molecule has 0 spiro atoms. The summed E-state index contributed by atoms with van der Waals surface area (Å²) in [5, 5.41) is 0. The van der Waals surface area contributed by atoms with E-state index in [1.54, 1.807) is 0 Å². The Balaban J connectivity index is 2.36. The van der Waals surface area contributed by atoms with Gasteiger partial charge in [0, 0.05) is 11.5 Å². The molecule has 0 aromatic carbocycles. The lowest BCUT2D eigenvalue weighted by Crippen LogP contribution is -2.46. The van der Waals surface area contributed by atoms with Crippen molar-refractivity contribution in [1.82, 2.24) is 4.90 Å². The van der Waals surface area contributed by atoms with Gasteiger partial charge in [-0.25, -0.2) is 6.57 Å². The molecule has 1 saturated heterocycles. The molecule has 1 rings (SSSR count). The third-order valence-corrected chi connectivity index (χ3v) is 2.91. The van der Waals surface area contributed by atoms with Gasteiger partial charge in [-0.15, -0.1) is 0 Å². The van der Waals surface area contributed by atoms with Crippen molar-refractivity contribution in [1.29, 1.82) is 0 Å². The Morgan fingerprint density at radius 2 is 1.85 bits per heavy atom. The van der Waals surface area contributed by atoms with Gasteiger partial charge in [-0.3, -0.25) is 4.90 Å². The molecule has 0 atom stereocenters. The van der Waals surface area contributed by atoms with Crippen LogP contribution in [-0.2, 0) is 0 Å². The van der Waals surface area contributed by atoms with E-state index in [4.69, 9.17) is 6.57 Å². The standard InChI is InChI=1S/C11H20N2/c1-11(2,3)13-7-5-10(6-8-13)9-12-4/h10H,5-9H2,1-3H3. The summed E-state index contributed by atoms with van der Waals surface area (Å²) < 4.78 is 0. The van der Waals surface area contributed by atoms with Crippen molar-refractivity contribution in [3.8, 4) is 0 Å². The van der Waals surface area contributed by atoms with Gasteiger partial charge in [0.05, 0.1) is 0 Å². The highest BCUT2D eigenvalue weighted by atomic mass is 15.2. The fourth-order valence-electron chi connectivity index (χ4n) is 1.92. The van der Waals surface area contributed by atoms with E-state index < -0.39 is 0 Å². The summed E-state index contributed by atoms with van der Waals surface area (Å²) in [6.07, 6.45) is 2.42. The second-order valence-electron chi connectivity index (χ2n) is 4.94. The molecule has 1 heterocycles. The summed E-state index contributed by atoms with van der Waals surface area (Å²) in [6, 6.07) is 0. The van der Waals surface area contributed by atoms with Crippen LogP contribution in [0.5, 0.6) is 0 Å². The Bertz CT molecular complexity index is 189.